The molecule has 2 heterocycles. The van der Waals surface area contributed by atoms with E-state index in [9.17, 15) is 5.21 Å². The summed E-state index contributed by atoms with van der Waals surface area (Å²) in [6, 6.07) is 3.73. The Hall–Kier alpha value is -1.97. The summed E-state index contributed by atoms with van der Waals surface area (Å²) in [5.41, 5.74) is 0.933. The van der Waals surface area contributed by atoms with Crippen LogP contribution in [0.3, 0.4) is 0 Å². The molecule has 2 rings (SSSR count). The molecular formula is C13H17N5O. The highest BCUT2D eigenvalue weighted by Gasteiger charge is 2.20. The maximum atomic E-state index is 11.7. The SMILES string of the molecule is N#C[NH+]([O-])C(=NCc1cccnc1)N1CCCCC1. The summed E-state index contributed by atoms with van der Waals surface area (Å²) in [5, 5.41) is 19.9. The van der Waals surface area contributed by atoms with E-state index in [1.807, 2.05) is 17.0 Å². The van der Waals surface area contributed by atoms with Gasteiger partial charge in [-0.1, -0.05) is 6.07 Å². The number of pyridine rings is 1. The van der Waals surface area contributed by atoms with Gasteiger partial charge in [0.15, 0.2) is 0 Å². The number of likely N-dealkylation sites (tertiary alicyclic amines) is 1. The molecule has 0 aromatic carbocycles. The number of hydrogen-bond acceptors (Lipinski definition) is 4. The third-order valence-electron chi connectivity index (χ3n) is 3.09. The highest BCUT2D eigenvalue weighted by molar-refractivity contribution is 5.72. The van der Waals surface area contributed by atoms with E-state index in [0.29, 0.717) is 12.5 Å². The Bertz CT molecular complexity index is 462. The Labute approximate surface area is 112 Å². The molecule has 0 radical (unpaired) electrons. The molecule has 0 spiro atoms. The Balaban J connectivity index is 2.10. The second-order valence-corrected chi connectivity index (χ2v) is 4.49. The predicted octanol–water partition coefficient (Wildman–Crippen LogP) is 0.287. The quantitative estimate of drug-likeness (QED) is 0.358. The standard InChI is InChI=1S/C13H17N5O/c14-11-18(19)13(17-7-2-1-3-8-17)16-10-12-5-4-6-15-9-12/h4-6,9,18H,1-3,7-8,10H2. The fourth-order valence-corrected chi connectivity index (χ4v) is 2.13. The molecule has 1 unspecified atom stereocenters. The Kier molecular flexibility index (Phi) is 4.84. The first-order chi connectivity index (χ1) is 9.31. The first kappa shape index (κ1) is 13.5. The number of nitrogens with zero attached hydrogens (tertiary/aromatic N) is 4. The average molecular weight is 259 g/mol. The molecule has 1 saturated heterocycles. The fraction of sp³-hybridized carbons (Fsp3) is 0.462. The van der Waals surface area contributed by atoms with Crippen molar-refractivity contribution in [3.63, 3.8) is 0 Å². The summed E-state index contributed by atoms with van der Waals surface area (Å²) < 4.78 is 0. The topological polar surface area (TPSA) is 79.8 Å². The van der Waals surface area contributed by atoms with Crippen LogP contribution < -0.4 is 5.06 Å². The zero-order valence-corrected chi connectivity index (χ0v) is 10.7. The first-order valence-electron chi connectivity index (χ1n) is 6.44. The van der Waals surface area contributed by atoms with Gasteiger partial charge in [0.1, 0.15) is 0 Å². The summed E-state index contributed by atoms with van der Waals surface area (Å²) >= 11 is 0. The average Bonchev–Trinajstić information content (AvgIpc) is 2.49. The second kappa shape index (κ2) is 6.83. The first-order valence-corrected chi connectivity index (χ1v) is 6.44. The molecule has 1 atom stereocenters. The van der Waals surface area contributed by atoms with Crippen LogP contribution in [0.15, 0.2) is 29.5 Å². The summed E-state index contributed by atoms with van der Waals surface area (Å²) in [6.07, 6.45) is 8.35. The molecule has 1 aliphatic heterocycles. The van der Waals surface area contributed by atoms with Crippen LogP contribution in [0.25, 0.3) is 0 Å². The van der Waals surface area contributed by atoms with Crippen LogP contribution in [0.5, 0.6) is 0 Å². The summed E-state index contributed by atoms with van der Waals surface area (Å²) in [5.74, 6) is 0.297. The zero-order valence-electron chi connectivity index (χ0n) is 10.7. The highest BCUT2D eigenvalue weighted by atomic mass is 16.5. The van der Waals surface area contributed by atoms with E-state index in [2.05, 4.69) is 9.98 Å². The van der Waals surface area contributed by atoms with Crippen molar-refractivity contribution in [1.82, 2.24) is 9.88 Å². The van der Waals surface area contributed by atoms with Crippen LogP contribution in [-0.4, -0.2) is 28.9 Å². The Morgan fingerprint density at radius 1 is 1.47 bits per heavy atom. The minimum Gasteiger partial charge on any atom is -0.611 e. The van der Waals surface area contributed by atoms with Crippen molar-refractivity contribution in [1.29, 1.82) is 5.26 Å². The van der Waals surface area contributed by atoms with Gasteiger partial charge in [-0.05, 0) is 30.9 Å². The minimum atomic E-state index is -0.550. The minimum absolute atomic E-state index is 0.297. The molecule has 1 fully saturated rings. The number of nitrogens with one attached hydrogen (secondary N) is 1. The number of hydrogen-bond donors (Lipinski definition) is 1. The van der Waals surface area contributed by atoms with E-state index in [4.69, 9.17) is 5.26 Å². The van der Waals surface area contributed by atoms with Gasteiger partial charge >= 0.3 is 12.2 Å². The lowest BCUT2D eigenvalue weighted by atomic mass is 10.1. The molecule has 6 heteroatoms. The molecule has 1 aromatic heterocycles. The van der Waals surface area contributed by atoms with Crippen molar-refractivity contribution in [2.24, 2.45) is 4.99 Å². The van der Waals surface area contributed by atoms with Gasteiger partial charge in [0.05, 0.1) is 6.54 Å². The van der Waals surface area contributed by atoms with E-state index in [-0.39, 0.29) is 0 Å². The molecule has 0 saturated carbocycles. The number of piperidine rings is 1. The van der Waals surface area contributed by atoms with Crippen molar-refractivity contribution in [3.8, 4) is 6.19 Å². The normalized spacial score (nSPS) is 17.9. The molecular weight excluding hydrogens is 242 g/mol. The molecule has 100 valence electrons. The van der Waals surface area contributed by atoms with Gasteiger partial charge in [-0.25, -0.2) is 10.1 Å². The second-order valence-electron chi connectivity index (χ2n) is 4.49. The van der Waals surface area contributed by atoms with Gasteiger partial charge in [-0.2, -0.15) is 0 Å². The molecule has 1 N–H and O–H groups in total. The number of nitriles is 1. The number of rotatable bonds is 2. The maximum Gasteiger partial charge on any atom is 0.315 e. The lowest BCUT2D eigenvalue weighted by Crippen LogP contribution is -3.08. The summed E-state index contributed by atoms with van der Waals surface area (Å²) in [4.78, 5) is 10.2. The monoisotopic (exact) mass is 259 g/mol. The number of guanidine groups is 1. The van der Waals surface area contributed by atoms with Crippen molar-refractivity contribution < 1.29 is 5.06 Å². The van der Waals surface area contributed by atoms with E-state index >= 15 is 0 Å². The van der Waals surface area contributed by atoms with Gasteiger partial charge in [0.25, 0.3) is 0 Å². The van der Waals surface area contributed by atoms with Crippen LogP contribution in [0.1, 0.15) is 24.8 Å². The smallest absolute Gasteiger partial charge is 0.315 e. The number of aliphatic imine (C=N–C) groups is 1. The third-order valence-corrected chi connectivity index (χ3v) is 3.09. The van der Waals surface area contributed by atoms with Crippen molar-refractivity contribution >= 4 is 5.96 Å². The number of quaternary nitrogens is 1. The lowest BCUT2D eigenvalue weighted by Gasteiger charge is -2.30. The molecule has 19 heavy (non-hydrogen) atoms. The van der Waals surface area contributed by atoms with E-state index in [0.717, 1.165) is 31.5 Å². The highest BCUT2D eigenvalue weighted by Crippen LogP contribution is 2.08. The van der Waals surface area contributed by atoms with Gasteiger partial charge < -0.3 is 10.1 Å². The van der Waals surface area contributed by atoms with E-state index < -0.39 is 5.06 Å². The molecule has 0 aliphatic carbocycles. The zero-order chi connectivity index (χ0) is 13.5. The van der Waals surface area contributed by atoms with Gasteiger partial charge in [0.2, 0.25) is 0 Å². The molecule has 0 bridgehead atoms. The van der Waals surface area contributed by atoms with Crippen LogP contribution in [0, 0.1) is 16.7 Å². The Morgan fingerprint density at radius 3 is 2.89 bits per heavy atom. The number of hydroxylamine groups is 2. The van der Waals surface area contributed by atoms with Crippen LogP contribution in [0.4, 0.5) is 0 Å². The summed E-state index contributed by atoms with van der Waals surface area (Å²) in [7, 11) is 0. The molecule has 6 nitrogen and oxygen atoms in total. The van der Waals surface area contributed by atoms with Crippen molar-refractivity contribution in [2.45, 2.75) is 25.8 Å². The van der Waals surface area contributed by atoms with Gasteiger partial charge in [-0.15, -0.1) is 5.26 Å². The molecule has 1 aromatic rings. The van der Waals surface area contributed by atoms with Crippen molar-refractivity contribution in [3.05, 3.63) is 35.3 Å². The van der Waals surface area contributed by atoms with Crippen LogP contribution >= 0.6 is 0 Å². The van der Waals surface area contributed by atoms with Crippen LogP contribution in [0.2, 0.25) is 0 Å². The number of aromatic nitrogens is 1. The maximum absolute atomic E-state index is 11.7. The van der Waals surface area contributed by atoms with Crippen molar-refractivity contribution in [2.75, 3.05) is 13.1 Å². The van der Waals surface area contributed by atoms with Gasteiger partial charge in [-0.3, -0.25) is 4.98 Å². The fourth-order valence-electron chi connectivity index (χ4n) is 2.13. The molecule has 0 amide bonds. The van der Waals surface area contributed by atoms with E-state index in [1.165, 1.54) is 6.42 Å². The Morgan fingerprint density at radius 2 is 2.26 bits per heavy atom. The summed E-state index contributed by atoms with van der Waals surface area (Å²) in [6.45, 7) is 1.99. The largest absolute Gasteiger partial charge is 0.611 e. The van der Waals surface area contributed by atoms with Crippen LogP contribution in [-0.2, 0) is 6.54 Å². The van der Waals surface area contributed by atoms with Gasteiger partial charge in [0, 0.05) is 25.5 Å². The molecule has 1 aliphatic rings. The predicted molar refractivity (Wildman–Crippen MR) is 70.7 cm³/mol. The third kappa shape index (κ3) is 3.74. The van der Waals surface area contributed by atoms with E-state index in [1.54, 1.807) is 18.6 Å². The lowest BCUT2D eigenvalue weighted by molar-refractivity contribution is -0.675.